The molecule has 2 N–H and O–H groups in total. The second-order valence-electron chi connectivity index (χ2n) is 5.86. The fourth-order valence-electron chi connectivity index (χ4n) is 3.03. The fourth-order valence-corrected chi connectivity index (χ4v) is 3.03. The van der Waals surface area contributed by atoms with Crippen LogP contribution in [0.3, 0.4) is 0 Å². The number of hydrogen-bond donors (Lipinski definition) is 1. The lowest BCUT2D eigenvalue weighted by Crippen LogP contribution is -2.40. The maximum absolute atomic E-state index is 13.3. The summed E-state index contributed by atoms with van der Waals surface area (Å²) in [7, 11) is 0. The van der Waals surface area contributed by atoms with Gasteiger partial charge in [-0.2, -0.15) is 0 Å². The predicted molar refractivity (Wildman–Crippen MR) is 86.1 cm³/mol. The molecule has 0 spiro atoms. The first-order chi connectivity index (χ1) is 11.5. The number of hydrogen-bond acceptors (Lipinski definition) is 5. The second kappa shape index (κ2) is 6.96. The van der Waals surface area contributed by atoms with Gasteiger partial charge in [0.1, 0.15) is 11.9 Å². The number of nitrogens with two attached hydrogens (primary N) is 1. The Morgan fingerprint density at radius 3 is 2.79 bits per heavy atom. The van der Waals surface area contributed by atoms with Gasteiger partial charge in [-0.15, -0.1) is 0 Å². The molecule has 1 aromatic carbocycles. The number of amides is 1. The minimum Gasteiger partial charge on any atom is -0.446 e. The Hall–Kier alpha value is -2.48. The maximum atomic E-state index is 13.3. The van der Waals surface area contributed by atoms with Gasteiger partial charge in [-0.1, -0.05) is 0 Å². The van der Waals surface area contributed by atoms with Crippen LogP contribution in [0.1, 0.15) is 12.8 Å². The average Bonchev–Trinajstić information content (AvgIpc) is 2.55. The van der Waals surface area contributed by atoms with Crippen LogP contribution in [0.5, 0.6) is 0 Å². The van der Waals surface area contributed by atoms with Crippen LogP contribution in [0.25, 0.3) is 11.0 Å². The van der Waals surface area contributed by atoms with Gasteiger partial charge in [0.15, 0.2) is 0 Å². The molecule has 1 aliphatic heterocycles. The molecule has 1 amide bonds. The normalized spacial score (nSPS) is 16.4. The maximum Gasteiger partial charge on any atom is 0.404 e. The number of fused-ring (bicyclic) bond motifs is 1. The third kappa shape index (κ3) is 3.70. The zero-order valence-corrected chi connectivity index (χ0v) is 13.2. The molecule has 0 unspecified atom stereocenters. The van der Waals surface area contributed by atoms with Gasteiger partial charge in [0.2, 0.25) is 0 Å². The van der Waals surface area contributed by atoms with Gasteiger partial charge in [-0.25, -0.2) is 14.2 Å². The average molecular weight is 334 g/mol. The van der Waals surface area contributed by atoms with E-state index < -0.39 is 6.09 Å². The van der Waals surface area contributed by atoms with E-state index in [1.54, 1.807) is 10.6 Å². The highest BCUT2D eigenvalue weighted by Gasteiger charge is 2.21. The summed E-state index contributed by atoms with van der Waals surface area (Å²) in [6.45, 7) is 2.71. The minimum absolute atomic E-state index is 0.133. The van der Waals surface area contributed by atoms with E-state index in [-0.39, 0.29) is 17.5 Å². The van der Waals surface area contributed by atoms with Crippen molar-refractivity contribution in [2.45, 2.75) is 25.5 Å². The molecule has 0 atom stereocenters. The standard InChI is InChI=1S/C16H19FN4O3/c17-11-1-2-14-13(9-11)19-10-15(22)21(14)8-7-20-5-3-12(4-6-20)24-16(18)23/h1-2,9-10,12H,3-8H2,(H2,18,23). The summed E-state index contributed by atoms with van der Waals surface area (Å²) >= 11 is 0. The van der Waals surface area contributed by atoms with E-state index in [2.05, 4.69) is 9.88 Å². The zero-order chi connectivity index (χ0) is 17.1. The van der Waals surface area contributed by atoms with E-state index in [0.717, 1.165) is 25.9 Å². The highest BCUT2D eigenvalue weighted by Crippen LogP contribution is 2.15. The smallest absolute Gasteiger partial charge is 0.404 e. The predicted octanol–water partition coefficient (Wildman–Crippen LogP) is 1.10. The van der Waals surface area contributed by atoms with Crippen molar-refractivity contribution < 1.29 is 13.9 Å². The number of likely N-dealkylation sites (tertiary alicyclic amines) is 1. The van der Waals surface area contributed by atoms with Crippen molar-refractivity contribution in [3.8, 4) is 0 Å². The Morgan fingerprint density at radius 1 is 1.33 bits per heavy atom. The third-order valence-electron chi connectivity index (χ3n) is 4.27. The molecular formula is C16H19FN4O3. The Balaban J connectivity index is 1.65. The van der Waals surface area contributed by atoms with Gasteiger partial charge in [-0.05, 0) is 25.0 Å². The molecule has 2 aromatic rings. The van der Waals surface area contributed by atoms with Gasteiger partial charge < -0.3 is 19.9 Å². The van der Waals surface area contributed by atoms with Gasteiger partial charge in [0, 0.05) is 32.2 Å². The van der Waals surface area contributed by atoms with Gasteiger partial charge in [0.25, 0.3) is 5.56 Å². The van der Waals surface area contributed by atoms with Gasteiger partial charge in [-0.3, -0.25) is 4.79 Å². The minimum atomic E-state index is -0.740. The van der Waals surface area contributed by atoms with Crippen molar-refractivity contribution in [1.29, 1.82) is 0 Å². The van der Waals surface area contributed by atoms with Crippen molar-refractivity contribution in [1.82, 2.24) is 14.5 Å². The largest absolute Gasteiger partial charge is 0.446 e. The summed E-state index contributed by atoms with van der Waals surface area (Å²) in [4.78, 5) is 29.0. The SMILES string of the molecule is NC(=O)OC1CCN(CCn2c(=O)cnc3cc(F)ccc32)CC1. The van der Waals surface area contributed by atoms with E-state index in [1.165, 1.54) is 18.3 Å². The van der Waals surface area contributed by atoms with E-state index >= 15 is 0 Å². The van der Waals surface area contributed by atoms with Crippen molar-refractivity contribution in [2.24, 2.45) is 5.73 Å². The van der Waals surface area contributed by atoms with Crippen LogP contribution >= 0.6 is 0 Å². The number of ether oxygens (including phenoxy) is 1. The van der Waals surface area contributed by atoms with E-state index in [1.807, 2.05) is 0 Å². The number of primary amides is 1. The number of rotatable bonds is 4. The second-order valence-corrected chi connectivity index (χ2v) is 5.86. The molecule has 1 saturated heterocycles. The van der Waals surface area contributed by atoms with Crippen LogP contribution in [-0.4, -0.2) is 46.3 Å². The molecule has 0 aliphatic carbocycles. The Labute approximate surface area is 137 Å². The van der Waals surface area contributed by atoms with Crippen molar-refractivity contribution >= 4 is 17.1 Å². The van der Waals surface area contributed by atoms with Crippen LogP contribution in [0.15, 0.2) is 29.2 Å². The lowest BCUT2D eigenvalue weighted by molar-refractivity contribution is 0.0554. The lowest BCUT2D eigenvalue weighted by Gasteiger charge is -2.31. The molecule has 1 aromatic heterocycles. The molecule has 0 radical (unpaired) electrons. The molecule has 24 heavy (non-hydrogen) atoms. The zero-order valence-electron chi connectivity index (χ0n) is 13.2. The molecule has 128 valence electrons. The van der Waals surface area contributed by atoms with Crippen LogP contribution in [0, 0.1) is 5.82 Å². The van der Waals surface area contributed by atoms with Crippen LogP contribution < -0.4 is 11.3 Å². The third-order valence-corrected chi connectivity index (χ3v) is 4.27. The molecular weight excluding hydrogens is 315 g/mol. The number of carbonyl (C=O) groups is 1. The van der Waals surface area contributed by atoms with E-state index in [9.17, 15) is 14.0 Å². The van der Waals surface area contributed by atoms with Crippen molar-refractivity contribution in [3.05, 3.63) is 40.6 Å². The Morgan fingerprint density at radius 2 is 2.08 bits per heavy atom. The summed E-state index contributed by atoms with van der Waals surface area (Å²) in [5.74, 6) is -0.378. The highest BCUT2D eigenvalue weighted by molar-refractivity contribution is 5.74. The Kier molecular flexibility index (Phi) is 4.75. The summed E-state index contributed by atoms with van der Waals surface area (Å²) in [5, 5.41) is 0. The number of piperidine rings is 1. The molecule has 0 bridgehead atoms. The highest BCUT2D eigenvalue weighted by atomic mass is 19.1. The number of halogens is 1. The van der Waals surface area contributed by atoms with Crippen LogP contribution in [-0.2, 0) is 11.3 Å². The molecule has 1 fully saturated rings. The van der Waals surface area contributed by atoms with Crippen molar-refractivity contribution in [3.63, 3.8) is 0 Å². The first-order valence-electron chi connectivity index (χ1n) is 7.86. The molecule has 0 saturated carbocycles. The fraction of sp³-hybridized carbons (Fsp3) is 0.438. The summed E-state index contributed by atoms with van der Waals surface area (Å²) < 4.78 is 19.9. The molecule has 1 aliphatic rings. The van der Waals surface area contributed by atoms with Crippen molar-refractivity contribution in [2.75, 3.05) is 19.6 Å². The quantitative estimate of drug-likeness (QED) is 0.904. The van der Waals surface area contributed by atoms with Crippen LogP contribution in [0.4, 0.5) is 9.18 Å². The van der Waals surface area contributed by atoms with Gasteiger partial charge in [0.05, 0.1) is 17.2 Å². The first kappa shape index (κ1) is 16.4. The van der Waals surface area contributed by atoms with E-state index in [4.69, 9.17) is 10.5 Å². The summed E-state index contributed by atoms with van der Waals surface area (Å²) in [6, 6.07) is 4.22. The summed E-state index contributed by atoms with van der Waals surface area (Å²) in [6.07, 6.45) is 1.79. The van der Waals surface area contributed by atoms with E-state index in [0.29, 0.717) is 24.1 Å². The molecule has 3 rings (SSSR count). The summed E-state index contributed by atoms with van der Waals surface area (Å²) in [5.41, 5.74) is 5.90. The number of benzene rings is 1. The Bertz CT molecular complexity index is 799. The lowest BCUT2D eigenvalue weighted by atomic mass is 10.1. The topological polar surface area (TPSA) is 90.5 Å². The number of carbonyl (C=O) groups excluding carboxylic acids is 1. The molecule has 7 nitrogen and oxygen atoms in total. The first-order valence-corrected chi connectivity index (χ1v) is 7.86. The number of aromatic nitrogens is 2. The monoisotopic (exact) mass is 334 g/mol. The molecule has 2 heterocycles. The molecule has 8 heteroatoms. The van der Waals surface area contributed by atoms with Gasteiger partial charge >= 0.3 is 6.09 Å². The number of nitrogens with zero attached hydrogens (tertiary/aromatic N) is 3. The van der Waals surface area contributed by atoms with Crippen LogP contribution in [0.2, 0.25) is 0 Å².